The van der Waals surface area contributed by atoms with Crippen LogP contribution in [-0.2, 0) is 5.41 Å². The largest absolute Gasteiger partial charge is 0.309 e. The van der Waals surface area contributed by atoms with Gasteiger partial charge in [0.05, 0.1) is 22.1 Å². The second-order valence-corrected chi connectivity index (χ2v) is 12.6. The molecule has 0 fully saturated rings. The van der Waals surface area contributed by atoms with Crippen LogP contribution >= 0.6 is 0 Å². The van der Waals surface area contributed by atoms with E-state index in [1.807, 2.05) is 13.8 Å². The predicted molar refractivity (Wildman–Crippen MR) is 190 cm³/mol. The fourth-order valence-electron chi connectivity index (χ4n) is 8.55. The van der Waals surface area contributed by atoms with Crippen molar-refractivity contribution in [3.05, 3.63) is 161 Å². The first-order valence-electron chi connectivity index (χ1n) is 16.5. The number of nitrogens with zero attached hydrogens (tertiary/aromatic N) is 2. The van der Waals surface area contributed by atoms with Gasteiger partial charge in [0.2, 0.25) is 0 Å². The van der Waals surface area contributed by atoms with Crippen molar-refractivity contribution >= 4 is 21.8 Å². The molecule has 2 aliphatic carbocycles. The van der Waals surface area contributed by atoms with E-state index in [1.165, 1.54) is 66.4 Å². The number of hydrogen-bond donors (Lipinski definition) is 0. The highest BCUT2D eigenvalue weighted by Gasteiger charge is 2.50. The predicted octanol–water partition coefficient (Wildman–Crippen LogP) is 10.6. The van der Waals surface area contributed by atoms with Crippen LogP contribution in [0.1, 0.15) is 61.6 Å². The number of aromatic nitrogens is 1. The Morgan fingerprint density at radius 3 is 2.02 bits per heavy atom. The quantitative estimate of drug-likeness (QED) is 0.201. The molecule has 1 spiro atoms. The van der Waals surface area contributed by atoms with Crippen LogP contribution in [0, 0.1) is 5.92 Å². The molecule has 0 saturated carbocycles. The van der Waals surface area contributed by atoms with Crippen LogP contribution in [0.3, 0.4) is 0 Å². The van der Waals surface area contributed by atoms with Gasteiger partial charge in [-0.15, -0.1) is 0 Å². The Bertz CT molecular complexity index is 2110. The van der Waals surface area contributed by atoms with E-state index in [1.54, 1.807) is 0 Å². The summed E-state index contributed by atoms with van der Waals surface area (Å²) in [5.74, 6) is 0.477. The van der Waals surface area contributed by atoms with Gasteiger partial charge in [0.25, 0.3) is 0 Å². The minimum atomic E-state index is -0.383. The molecule has 0 amide bonds. The van der Waals surface area contributed by atoms with Crippen molar-refractivity contribution in [3.8, 4) is 16.8 Å². The van der Waals surface area contributed by atoms with Crippen molar-refractivity contribution < 1.29 is 0 Å². The molecule has 9 rings (SSSR count). The monoisotopic (exact) mass is 584 g/mol. The highest BCUT2D eigenvalue weighted by atomic mass is 15.2. The molecule has 2 nitrogen and oxygen atoms in total. The summed E-state index contributed by atoms with van der Waals surface area (Å²) >= 11 is 0. The maximum atomic E-state index is 2.56. The lowest BCUT2D eigenvalue weighted by Gasteiger charge is -2.40. The van der Waals surface area contributed by atoms with Gasteiger partial charge in [-0.1, -0.05) is 142 Å². The first kappa shape index (κ1) is 27.9. The van der Waals surface area contributed by atoms with Gasteiger partial charge in [0, 0.05) is 22.9 Å². The standard InChI is InChI=1S/C41H34N2.C2H6/c1-26-13-4-10-21-37(26)42(3)27(2)28-23-24-35-39(25-28)43-38-22-11-7-16-31(38)32-17-12-20-36(40(32)43)41(35)33-18-8-5-14-29(33)30-15-6-9-19-34(30)41;1-2/h4-27,37H,1-3H3;1-2H3. The number of hydrogen-bond acceptors (Lipinski definition) is 1. The van der Waals surface area contributed by atoms with Gasteiger partial charge < -0.3 is 4.57 Å². The molecule has 3 aliphatic rings. The minimum Gasteiger partial charge on any atom is -0.309 e. The molecule has 2 heteroatoms. The van der Waals surface area contributed by atoms with E-state index in [-0.39, 0.29) is 11.5 Å². The molecule has 2 heterocycles. The third-order valence-corrected chi connectivity index (χ3v) is 10.7. The number of fused-ring (bicyclic) bond motifs is 12. The summed E-state index contributed by atoms with van der Waals surface area (Å²) in [5, 5.41) is 2.63. The number of para-hydroxylation sites is 2. The second kappa shape index (κ2) is 10.5. The van der Waals surface area contributed by atoms with Gasteiger partial charge >= 0.3 is 0 Å². The van der Waals surface area contributed by atoms with E-state index in [0.29, 0.717) is 12.0 Å². The van der Waals surface area contributed by atoms with Crippen LogP contribution in [-0.4, -0.2) is 22.6 Å². The lowest BCUT2D eigenvalue weighted by atomic mass is 9.65. The number of likely N-dealkylation sites (N-methyl/N-ethyl adjacent to an activating group) is 1. The first-order chi connectivity index (χ1) is 22.1. The zero-order valence-electron chi connectivity index (χ0n) is 26.8. The van der Waals surface area contributed by atoms with E-state index in [0.717, 1.165) is 0 Å². The third kappa shape index (κ3) is 3.66. The van der Waals surface area contributed by atoms with E-state index in [2.05, 4.69) is 164 Å². The summed E-state index contributed by atoms with van der Waals surface area (Å²) in [5.41, 5.74) is 13.0. The lowest BCUT2D eigenvalue weighted by molar-refractivity contribution is 0.188. The maximum Gasteiger partial charge on any atom is 0.0754 e. The van der Waals surface area contributed by atoms with Crippen LogP contribution in [0.5, 0.6) is 0 Å². The zero-order chi connectivity index (χ0) is 30.9. The molecule has 1 aliphatic heterocycles. The van der Waals surface area contributed by atoms with Gasteiger partial charge in [-0.05, 0) is 71.0 Å². The number of allylic oxidation sites excluding steroid dienone is 2. The molecule has 3 atom stereocenters. The highest BCUT2D eigenvalue weighted by Crippen LogP contribution is 2.61. The van der Waals surface area contributed by atoms with Crippen molar-refractivity contribution in [1.82, 2.24) is 9.47 Å². The zero-order valence-corrected chi connectivity index (χ0v) is 26.8. The van der Waals surface area contributed by atoms with Crippen molar-refractivity contribution in [2.45, 2.75) is 45.2 Å². The van der Waals surface area contributed by atoms with Gasteiger partial charge in [-0.25, -0.2) is 0 Å². The second-order valence-electron chi connectivity index (χ2n) is 12.6. The van der Waals surface area contributed by atoms with Crippen LogP contribution in [0.15, 0.2) is 133 Å². The van der Waals surface area contributed by atoms with Crippen LogP contribution in [0.2, 0.25) is 0 Å². The van der Waals surface area contributed by atoms with Crippen molar-refractivity contribution in [1.29, 1.82) is 0 Å². The summed E-state index contributed by atoms with van der Waals surface area (Å²) in [6, 6.07) is 42.0. The number of rotatable bonds is 3. The van der Waals surface area contributed by atoms with E-state index < -0.39 is 0 Å². The topological polar surface area (TPSA) is 8.17 Å². The molecule has 3 unspecified atom stereocenters. The van der Waals surface area contributed by atoms with Crippen molar-refractivity contribution in [3.63, 3.8) is 0 Å². The average molecular weight is 585 g/mol. The Morgan fingerprint density at radius 2 is 1.29 bits per heavy atom. The van der Waals surface area contributed by atoms with Gasteiger partial charge in [0.1, 0.15) is 0 Å². The maximum absolute atomic E-state index is 2.56. The molecule has 1 aromatic heterocycles. The molecule has 0 radical (unpaired) electrons. The third-order valence-electron chi connectivity index (χ3n) is 10.7. The van der Waals surface area contributed by atoms with Crippen LogP contribution in [0.25, 0.3) is 38.6 Å². The van der Waals surface area contributed by atoms with Gasteiger partial charge in [-0.3, -0.25) is 4.90 Å². The Morgan fingerprint density at radius 1 is 0.667 bits per heavy atom. The van der Waals surface area contributed by atoms with Crippen LogP contribution < -0.4 is 0 Å². The molecule has 0 saturated heterocycles. The Kier molecular flexibility index (Phi) is 6.48. The summed E-state index contributed by atoms with van der Waals surface area (Å²) < 4.78 is 2.56. The van der Waals surface area contributed by atoms with Gasteiger partial charge in [0.15, 0.2) is 0 Å². The summed E-state index contributed by atoms with van der Waals surface area (Å²) in [6.07, 6.45) is 9.04. The Hall–Kier alpha value is -4.66. The summed E-state index contributed by atoms with van der Waals surface area (Å²) in [6.45, 7) is 8.68. The molecule has 0 bridgehead atoms. The van der Waals surface area contributed by atoms with E-state index in [4.69, 9.17) is 0 Å². The molecule has 0 N–H and O–H groups in total. The SMILES string of the molecule is CC.CC1C=CC=CC1N(C)C(C)c1ccc2c(c1)-n1c3ccccc3c3cccc(c31)C21c2ccccc2-c2ccccc21. The normalized spacial score (nSPS) is 18.9. The fourth-order valence-corrected chi connectivity index (χ4v) is 8.55. The van der Waals surface area contributed by atoms with Crippen LogP contribution in [0.4, 0.5) is 0 Å². The van der Waals surface area contributed by atoms with E-state index in [9.17, 15) is 0 Å². The fraction of sp³-hybridized carbons (Fsp3) is 0.209. The first-order valence-corrected chi connectivity index (χ1v) is 16.5. The summed E-state index contributed by atoms with van der Waals surface area (Å²) in [4.78, 5) is 2.53. The summed E-state index contributed by atoms with van der Waals surface area (Å²) in [7, 11) is 2.28. The highest BCUT2D eigenvalue weighted by molar-refractivity contribution is 6.12. The Labute approximate surface area is 266 Å². The molecule has 45 heavy (non-hydrogen) atoms. The number of benzene rings is 5. The molecule has 5 aromatic carbocycles. The van der Waals surface area contributed by atoms with E-state index >= 15 is 0 Å². The molecule has 6 aromatic rings. The minimum absolute atomic E-state index is 0.252. The molecular weight excluding hydrogens is 544 g/mol. The molecular formula is C43H40N2. The Balaban J connectivity index is 0.00000147. The van der Waals surface area contributed by atoms with Gasteiger partial charge in [-0.2, -0.15) is 0 Å². The van der Waals surface area contributed by atoms with Crippen molar-refractivity contribution in [2.24, 2.45) is 5.92 Å². The van der Waals surface area contributed by atoms with Crippen molar-refractivity contribution in [2.75, 3.05) is 7.05 Å². The molecule has 222 valence electrons. The smallest absolute Gasteiger partial charge is 0.0754 e. The average Bonchev–Trinajstić information content (AvgIpc) is 3.59. The lowest BCUT2D eigenvalue weighted by Crippen LogP contribution is -2.37.